The fourth-order valence-corrected chi connectivity index (χ4v) is 4.56. The number of rotatable bonds is 6. The molecule has 0 unspecified atom stereocenters. The molecule has 7 heteroatoms. The number of benzene rings is 3. The minimum Gasteiger partial charge on any atom is -0.331 e. The van der Waals surface area contributed by atoms with E-state index in [1.165, 1.54) is 0 Å². The van der Waals surface area contributed by atoms with E-state index in [1.807, 2.05) is 47.4 Å². The van der Waals surface area contributed by atoms with Crippen molar-refractivity contribution >= 4 is 29.1 Å². The van der Waals surface area contributed by atoms with Crippen molar-refractivity contribution in [3.8, 4) is 6.07 Å². The van der Waals surface area contributed by atoms with Crippen molar-refractivity contribution in [2.24, 2.45) is 5.73 Å². The lowest BCUT2D eigenvalue weighted by atomic mass is 9.90. The molecule has 3 aromatic carbocycles. The van der Waals surface area contributed by atoms with Crippen LogP contribution in [-0.2, 0) is 6.54 Å². The molecule has 0 bridgehead atoms. The number of carbonyl (C=O) groups excluding carboxylic acids is 2. The lowest BCUT2D eigenvalue weighted by Crippen LogP contribution is -2.43. The third-order valence-electron chi connectivity index (χ3n) is 6.38. The van der Waals surface area contributed by atoms with Crippen molar-refractivity contribution < 1.29 is 9.59 Å². The van der Waals surface area contributed by atoms with Crippen LogP contribution in [0.5, 0.6) is 0 Å². The van der Waals surface area contributed by atoms with Crippen LogP contribution in [0.3, 0.4) is 0 Å². The number of nitrogens with zero attached hydrogens (tertiary/aromatic N) is 2. The van der Waals surface area contributed by atoms with Crippen molar-refractivity contribution in [2.45, 2.75) is 44.3 Å². The second-order valence-electron chi connectivity index (χ2n) is 8.82. The maximum absolute atomic E-state index is 13.5. The van der Waals surface area contributed by atoms with Gasteiger partial charge in [-0.25, -0.2) is 0 Å². The number of nitrogens with one attached hydrogen (secondary N) is 1. The fraction of sp³-hybridized carbons (Fsp3) is 0.250. The molecule has 3 aromatic rings. The highest BCUT2D eigenvalue weighted by Gasteiger charge is 2.29. The number of halogens is 1. The van der Waals surface area contributed by atoms with Gasteiger partial charge in [0.25, 0.3) is 11.8 Å². The van der Waals surface area contributed by atoms with Gasteiger partial charge in [0, 0.05) is 40.5 Å². The Morgan fingerprint density at radius 2 is 1.66 bits per heavy atom. The highest BCUT2D eigenvalue weighted by atomic mass is 35.5. The molecule has 35 heavy (non-hydrogen) atoms. The summed E-state index contributed by atoms with van der Waals surface area (Å²) in [5.41, 5.74) is 9.01. The van der Waals surface area contributed by atoms with E-state index in [4.69, 9.17) is 22.6 Å². The van der Waals surface area contributed by atoms with E-state index in [9.17, 15) is 9.59 Å². The molecule has 0 radical (unpaired) electrons. The summed E-state index contributed by atoms with van der Waals surface area (Å²) in [6.45, 7) is 0.326. The summed E-state index contributed by atoms with van der Waals surface area (Å²) in [4.78, 5) is 28.1. The largest absolute Gasteiger partial charge is 0.331 e. The Hall–Kier alpha value is -3.66. The monoisotopic (exact) mass is 486 g/mol. The van der Waals surface area contributed by atoms with Crippen LogP contribution in [0.25, 0.3) is 0 Å². The van der Waals surface area contributed by atoms with Crippen LogP contribution in [0.1, 0.15) is 57.5 Å². The zero-order valence-electron chi connectivity index (χ0n) is 19.3. The summed E-state index contributed by atoms with van der Waals surface area (Å²) in [5.74, 6) is -0.338. The number of nitriles is 1. The molecular weight excluding hydrogens is 460 g/mol. The van der Waals surface area contributed by atoms with Crippen molar-refractivity contribution in [1.82, 2.24) is 4.90 Å². The highest BCUT2D eigenvalue weighted by molar-refractivity contribution is 6.31. The summed E-state index contributed by atoms with van der Waals surface area (Å²) in [6.07, 6.45) is 3.42. The predicted molar refractivity (Wildman–Crippen MR) is 137 cm³/mol. The second-order valence-corrected chi connectivity index (χ2v) is 9.22. The third kappa shape index (κ3) is 6.07. The van der Waals surface area contributed by atoms with E-state index in [-0.39, 0.29) is 23.9 Å². The van der Waals surface area contributed by atoms with Gasteiger partial charge in [-0.15, -0.1) is 0 Å². The lowest BCUT2D eigenvalue weighted by Gasteiger charge is -2.36. The molecule has 1 saturated carbocycles. The average Bonchev–Trinajstić information content (AvgIpc) is 2.89. The molecule has 0 aromatic heterocycles. The molecule has 0 heterocycles. The highest BCUT2D eigenvalue weighted by Crippen LogP contribution is 2.29. The van der Waals surface area contributed by atoms with Gasteiger partial charge in [-0.05, 0) is 85.8 Å². The Morgan fingerprint density at radius 3 is 2.31 bits per heavy atom. The summed E-state index contributed by atoms with van der Waals surface area (Å²) in [6, 6.07) is 23.2. The van der Waals surface area contributed by atoms with Gasteiger partial charge < -0.3 is 16.0 Å². The van der Waals surface area contributed by atoms with Crippen LogP contribution in [0.2, 0.25) is 5.02 Å². The number of hydrogen-bond donors (Lipinski definition) is 2. The van der Waals surface area contributed by atoms with E-state index in [0.29, 0.717) is 33.9 Å². The standard InChI is InChI=1S/C28H27ClN4O2/c29-26-15-12-24(32-27(34)20-8-6-19(17-30)7-9-20)16-22(26)18-33(25-13-10-23(31)11-14-25)28(35)21-4-2-1-3-5-21/h1-9,12,15-16,23,25H,10-11,13-14,18,31H2,(H,32,34). The number of hydrogen-bond acceptors (Lipinski definition) is 4. The van der Waals surface area contributed by atoms with Gasteiger partial charge in [-0.2, -0.15) is 5.26 Å². The van der Waals surface area contributed by atoms with Gasteiger partial charge in [-0.1, -0.05) is 29.8 Å². The topological polar surface area (TPSA) is 99.2 Å². The van der Waals surface area contributed by atoms with Gasteiger partial charge >= 0.3 is 0 Å². The van der Waals surface area contributed by atoms with Crippen LogP contribution in [0, 0.1) is 11.3 Å². The van der Waals surface area contributed by atoms with E-state index >= 15 is 0 Å². The number of carbonyl (C=O) groups is 2. The van der Waals surface area contributed by atoms with Crippen LogP contribution >= 0.6 is 11.6 Å². The van der Waals surface area contributed by atoms with Crippen LogP contribution in [0.4, 0.5) is 5.69 Å². The summed E-state index contributed by atoms with van der Waals surface area (Å²) >= 11 is 6.54. The maximum atomic E-state index is 13.5. The predicted octanol–water partition coefficient (Wildman–Crippen LogP) is 5.38. The molecule has 0 saturated heterocycles. The molecule has 0 spiro atoms. The molecule has 1 aliphatic carbocycles. The second kappa shape index (κ2) is 11.2. The molecule has 178 valence electrons. The Bertz CT molecular complexity index is 1230. The molecule has 1 aliphatic rings. The van der Waals surface area contributed by atoms with Crippen LogP contribution in [0.15, 0.2) is 72.8 Å². The number of nitrogens with two attached hydrogens (primary N) is 1. The van der Waals surface area contributed by atoms with Crippen LogP contribution in [-0.4, -0.2) is 28.8 Å². The fourth-order valence-electron chi connectivity index (χ4n) is 4.38. The molecule has 1 fully saturated rings. The lowest BCUT2D eigenvalue weighted by molar-refractivity contribution is 0.0606. The van der Waals surface area contributed by atoms with Crippen molar-refractivity contribution in [1.29, 1.82) is 5.26 Å². The van der Waals surface area contributed by atoms with Crippen LogP contribution < -0.4 is 11.1 Å². The van der Waals surface area contributed by atoms with Gasteiger partial charge in [-0.3, -0.25) is 9.59 Å². The molecule has 2 amide bonds. The number of amides is 2. The zero-order valence-corrected chi connectivity index (χ0v) is 20.0. The smallest absolute Gasteiger partial charge is 0.255 e. The van der Waals surface area contributed by atoms with Crippen molar-refractivity contribution in [2.75, 3.05) is 5.32 Å². The van der Waals surface area contributed by atoms with E-state index in [0.717, 1.165) is 31.2 Å². The molecule has 0 atom stereocenters. The van der Waals surface area contributed by atoms with Crippen molar-refractivity contribution in [3.05, 3.63) is 100 Å². The molecule has 0 aliphatic heterocycles. The van der Waals surface area contributed by atoms with Gasteiger partial charge in [0.1, 0.15) is 0 Å². The molecular formula is C28H27ClN4O2. The van der Waals surface area contributed by atoms with Gasteiger partial charge in [0.2, 0.25) is 0 Å². The first-order valence-corrected chi connectivity index (χ1v) is 12.0. The van der Waals surface area contributed by atoms with E-state index in [2.05, 4.69) is 5.32 Å². The minimum atomic E-state index is -0.291. The number of anilines is 1. The SMILES string of the molecule is N#Cc1ccc(C(=O)Nc2ccc(Cl)c(CN(C(=O)c3ccccc3)C3CCC(N)CC3)c2)cc1. The van der Waals surface area contributed by atoms with E-state index in [1.54, 1.807) is 36.4 Å². The first-order valence-electron chi connectivity index (χ1n) is 11.7. The molecule has 4 rings (SSSR count). The van der Waals surface area contributed by atoms with E-state index < -0.39 is 0 Å². The van der Waals surface area contributed by atoms with Gasteiger partial charge in [0.15, 0.2) is 0 Å². The minimum absolute atomic E-state index is 0.0471. The molecule has 3 N–H and O–H groups in total. The summed E-state index contributed by atoms with van der Waals surface area (Å²) in [5, 5.41) is 12.4. The Morgan fingerprint density at radius 1 is 0.971 bits per heavy atom. The molecule has 6 nitrogen and oxygen atoms in total. The zero-order chi connectivity index (χ0) is 24.8. The quantitative estimate of drug-likeness (QED) is 0.488. The van der Waals surface area contributed by atoms with Gasteiger partial charge in [0.05, 0.1) is 11.6 Å². The normalized spacial score (nSPS) is 17.3. The first-order chi connectivity index (χ1) is 16.9. The van der Waals surface area contributed by atoms with Crippen molar-refractivity contribution in [3.63, 3.8) is 0 Å². The third-order valence-corrected chi connectivity index (χ3v) is 6.75. The maximum Gasteiger partial charge on any atom is 0.255 e. The Labute approximate surface area is 210 Å². The Kier molecular flexibility index (Phi) is 7.81. The summed E-state index contributed by atoms with van der Waals surface area (Å²) < 4.78 is 0. The Balaban J connectivity index is 1.56. The first kappa shape index (κ1) is 24.5. The average molecular weight is 487 g/mol. The summed E-state index contributed by atoms with van der Waals surface area (Å²) in [7, 11) is 0.